The van der Waals surface area contributed by atoms with Crippen molar-refractivity contribution in [2.75, 3.05) is 33.9 Å². The summed E-state index contributed by atoms with van der Waals surface area (Å²) in [6.07, 6.45) is 1.11. The second kappa shape index (κ2) is 11.1. The van der Waals surface area contributed by atoms with Crippen LogP contribution in [0.1, 0.15) is 44.0 Å². The smallest absolute Gasteiger partial charge is 0.407 e. The number of alkyl carbamates (subject to hydrolysis) is 1. The van der Waals surface area contributed by atoms with Gasteiger partial charge in [-0.2, -0.15) is 0 Å². The van der Waals surface area contributed by atoms with Crippen molar-refractivity contribution < 1.29 is 23.8 Å². The highest BCUT2D eigenvalue weighted by atomic mass is 32.1. The maximum Gasteiger partial charge on any atom is 0.407 e. The average molecular weight is 568 g/mol. The third-order valence-corrected chi connectivity index (χ3v) is 8.03. The van der Waals surface area contributed by atoms with Crippen molar-refractivity contribution in [1.29, 1.82) is 0 Å². The number of ether oxygens (including phenoxy) is 3. The van der Waals surface area contributed by atoms with Crippen LogP contribution in [0.4, 0.5) is 4.79 Å². The number of carbonyl (C=O) groups is 2. The Hall–Kier alpha value is -3.57. The highest BCUT2D eigenvalue weighted by Gasteiger charge is 2.29. The van der Waals surface area contributed by atoms with Gasteiger partial charge in [0.15, 0.2) is 5.82 Å². The van der Waals surface area contributed by atoms with E-state index in [0.29, 0.717) is 43.1 Å². The highest BCUT2D eigenvalue weighted by Crippen LogP contribution is 2.36. The second-order valence-electron chi connectivity index (χ2n) is 11.1. The fraction of sp³-hybridized carbons (Fsp3) is 0.483. The number of carbonyl (C=O) groups excluding carboxylic acids is 2. The van der Waals surface area contributed by atoms with E-state index in [4.69, 9.17) is 19.2 Å². The van der Waals surface area contributed by atoms with E-state index in [9.17, 15) is 9.59 Å². The lowest BCUT2D eigenvalue weighted by Crippen LogP contribution is -2.50. The topological polar surface area (TPSA) is 99.9 Å². The van der Waals surface area contributed by atoms with Crippen LogP contribution < -0.4 is 10.1 Å². The average Bonchev–Trinajstić information content (AvgIpc) is 3.59. The first-order chi connectivity index (χ1) is 19.1. The van der Waals surface area contributed by atoms with Crippen molar-refractivity contribution in [1.82, 2.24) is 24.3 Å². The molecule has 4 aromatic rings. The van der Waals surface area contributed by atoms with Crippen molar-refractivity contribution in [3.63, 3.8) is 0 Å². The summed E-state index contributed by atoms with van der Waals surface area (Å²) in [7, 11) is 5.27. The number of nitrogens with zero attached hydrogens (tertiary/aromatic N) is 4. The van der Waals surface area contributed by atoms with Crippen LogP contribution in [0.25, 0.3) is 32.8 Å². The molecule has 1 fully saturated rings. The largest absolute Gasteiger partial charge is 0.494 e. The first-order valence-corrected chi connectivity index (χ1v) is 14.4. The molecule has 1 saturated heterocycles. The number of amides is 2. The number of piperidine rings is 1. The number of aromatic nitrogens is 3. The summed E-state index contributed by atoms with van der Waals surface area (Å²) in [6.45, 7) is 7.80. The van der Waals surface area contributed by atoms with Crippen molar-refractivity contribution >= 4 is 44.6 Å². The number of nitrogens with one attached hydrogen (secondary N) is 1. The van der Waals surface area contributed by atoms with Gasteiger partial charge in [0.2, 0.25) is 0 Å². The number of hydrogen-bond acceptors (Lipinski definition) is 7. The number of imidazole rings is 1. The molecule has 1 aliphatic rings. The molecule has 4 heterocycles. The second-order valence-corrected chi connectivity index (χ2v) is 12.0. The minimum atomic E-state index is -0.581. The Balaban J connectivity index is 1.45. The van der Waals surface area contributed by atoms with Crippen molar-refractivity contribution in [3.05, 3.63) is 35.2 Å². The molecule has 1 aromatic carbocycles. The summed E-state index contributed by atoms with van der Waals surface area (Å²) >= 11 is 1.69. The standard InChI is InChI=1S/C29H37N5O5S/c1-29(2,3)39-28(36)30-20-8-7-10-33(17-20)26(35)19-14-21-24(23(16-19)38-6)32(4)25(31-21)22-15-18-9-13-40-27(18)34(22)11-12-37-5/h9,13-16,20H,7-8,10-12,17H2,1-6H3,(H,30,36)/t20-/m1/s1. The number of thiophene rings is 1. The Bertz CT molecular complexity index is 1550. The summed E-state index contributed by atoms with van der Waals surface area (Å²) in [4.78, 5) is 33.9. The van der Waals surface area contributed by atoms with Gasteiger partial charge in [-0.15, -0.1) is 11.3 Å². The lowest BCUT2D eigenvalue weighted by molar-refractivity contribution is 0.0452. The zero-order chi connectivity index (χ0) is 28.6. The molecule has 0 radical (unpaired) electrons. The molecule has 0 aliphatic carbocycles. The van der Waals surface area contributed by atoms with E-state index in [-0.39, 0.29) is 11.9 Å². The molecule has 1 atom stereocenters. The van der Waals surface area contributed by atoms with E-state index in [1.165, 1.54) is 4.83 Å². The zero-order valence-electron chi connectivity index (χ0n) is 23.9. The maximum atomic E-state index is 13.7. The number of hydrogen-bond donors (Lipinski definition) is 1. The third kappa shape index (κ3) is 5.53. The molecule has 10 nitrogen and oxygen atoms in total. The molecule has 0 saturated carbocycles. The lowest BCUT2D eigenvalue weighted by Gasteiger charge is -2.33. The van der Waals surface area contributed by atoms with Gasteiger partial charge in [0, 0.05) is 50.8 Å². The fourth-order valence-electron chi connectivity index (χ4n) is 5.32. The summed E-state index contributed by atoms with van der Waals surface area (Å²) in [5.74, 6) is 1.25. The normalized spacial score (nSPS) is 16.1. The first-order valence-electron chi connectivity index (χ1n) is 13.5. The predicted molar refractivity (Wildman–Crippen MR) is 156 cm³/mol. The quantitative estimate of drug-likeness (QED) is 0.336. The number of benzene rings is 1. The van der Waals surface area contributed by atoms with Gasteiger partial charge in [0.1, 0.15) is 21.7 Å². The molecular formula is C29H37N5O5S. The van der Waals surface area contributed by atoms with E-state index in [2.05, 4.69) is 27.4 Å². The van der Waals surface area contributed by atoms with Crippen LogP contribution in [0.3, 0.4) is 0 Å². The van der Waals surface area contributed by atoms with Gasteiger partial charge in [-0.3, -0.25) is 4.79 Å². The van der Waals surface area contributed by atoms with Crippen molar-refractivity contribution in [2.45, 2.75) is 51.8 Å². The van der Waals surface area contributed by atoms with E-state index in [1.807, 2.05) is 38.5 Å². The van der Waals surface area contributed by atoms with E-state index in [0.717, 1.165) is 35.3 Å². The van der Waals surface area contributed by atoms with Gasteiger partial charge < -0.3 is 33.6 Å². The monoisotopic (exact) mass is 567 g/mol. The Morgan fingerprint density at radius 1 is 1.20 bits per heavy atom. The van der Waals surface area contributed by atoms with E-state index < -0.39 is 11.7 Å². The molecule has 0 bridgehead atoms. The third-order valence-electron chi connectivity index (χ3n) is 7.08. The van der Waals surface area contributed by atoms with Gasteiger partial charge in [-0.05, 0) is 63.3 Å². The minimum absolute atomic E-state index is 0.118. The molecule has 214 valence electrons. The fourth-order valence-corrected chi connectivity index (χ4v) is 6.24. The molecule has 0 spiro atoms. The van der Waals surface area contributed by atoms with Crippen LogP contribution in [-0.2, 0) is 23.1 Å². The van der Waals surface area contributed by atoms with Crippen LogP contribution >= 0.6 is 11.3 Å². The van der Waals surface area contributed by atoms with Crippen LogP contribution in [-0.4, -0.2) is 76.6 Å². The maximum absolute atomic E-state index is 13.7. The Morgan fingerprint density at radius 3 is 2.73 bits per heavy atom. The summed E-state index contributed by atoms with van der Waals surface area (Å²) < 4.78 is 20.8. The SMILES string of the molecule is COCCn1c(-c2nc3cc(C(=O)N4CCC[C@@H](NC(=O)OC(C)(C)C)C4)cc(OC)c3n2C)cc2ccsc21. The molecule has 1 N–H and O–H groups in total. The summed E-state index contributed by atoms with van der Waals surface area (Å²) in [5, 5.41) is 6.16. The van der Waals surface area contributed by atoms with Gasteiger partial charge in [0.25, 0.3) is 5.91 Å². The van der Waals surface area contributed by atoms with Gasteiger partial charge in [-0.25, -0.2) is 9.78 Å². The Labute approximate surface area is 237 Å². The summed E-state index contributed by atoms with van der Waals surface area (Å²) in [5.41, 5.74) is 2.41. The number of methoxy groups -OCH3 is 2. The Kier molecular flexibility index (Phi) is 7.78. The predicted octanol–water partition coefficient (Wildman–Crippen LogP) is 5.04. The van der Waals surface area contributed by atoms with Crippen LogP contribution in [0.5, 0.6) is 5.75 Å². The molecule has 40 heavy (non-hydrogen) atoms. The van der Waals surface area contributed by atoms with Crippen LogP contribution in [0.15, 0.2) is 29.6 Å². The molecule has 3 aromatic heterocycles. The molecule has 5 rings (SSSR count). The molecular weight excluding hydrogens is 530 g/mol. The summed E-state index contributed by atoms with van der Waals surface area (Å²) in [6, 6.07) is 7.69. The molecule has 1 aliphatic heterocycles. The minimum Gasteiger partial charge on any atom is -0.494 e. The number of aryl methyl sites for hydroxylation is 1. The number of fused-ring (bicyclic) bond motifs is 2. The lowest BCUT2D eigenvalue weighted by atomic mass is 10.0. The number of likely N-dealkylation sites (tertiary alicyclic amines) is 1. The van der Waals surface area contributed by atoms with E-state index >= 15 is 0 Å². The van der Waals surface area contributed by atoms with Gasteiger partial charge >= 0.3 is 6.09 Å². The highest BCUT2D eigenvalue weighted by molar-refractivity contribution is 7.16. The number of rotatable bonds is 7. The van der Waals surface area contributed by atoms with Crippen molar-refractivity contribution in [2.24, 2.45) is 7.05 Å². The zero-order valence-corrected chi connectivity index (χ0v) is 24.8. The molecule has 0 unspecified atom stereocenters. The van der Waals surface area contributed by atoms with Crippen molar-refractivity contribution in [3.8, 4) is 17.3 Å². The van der Waals surface area contributed by atoms with Crippen LogP contribution in [0, 0.1) is 0 Å². The first kappa shape index (κ1) is 28.0. The van der Waals surface area contributed by atoms with E-state index in [1.54, 1.807) is 36.5 Å². The van der Waals surface area contributed by atoms with Crippen LogP contribution in [0.2, 0.25) is 0 Å². The van der Waals surface area contributed by atoms with Gasteiger partial charge in [-0.1, -0.05) is 0 Å². The molecule has 11 heteroatoms. The molecule has 2 amide bonds. The van der Waals surface area contributed by atoms with Gasteiger partial charge in [0.05, 0.1) is 24.9 Å². The Morgan fingerprint density at radius 2 is 2.00 bits per heavy atom.